The van der Waals surface area contributed by atoms with Gasteiger partial charge in [0.05, 0.1) is 20.3 Å². The fourth-order valence-corrected chi connectivity index (χ4v) is 3.75. The van der Waals surface area contributed by atoms with Crippen LogP contribution in [0.3, 0.4) is 0 Å². The van der Waals surface area contributed by atoms with Gasteiger partial charge in [0.1, 0.15) is 17.2 Å². The first-order valence-corrected chi connectivity index (χ1v) is 9.97. The highest BCUT2D eigenvalue weighted by Crippen LogP contribution is 2.42. The Balaban J connectivity index is 1.83. The van der Waals surface area contributed by atoms with Crippen LogP contribution in [0.1, 0.15) is 31.0 Å². The van der Waals surface area contributed by atoms with Crippen LogP contribution in [0.2, 0.25) is 0 Å². The van der Waals surface area contributed by atoms with Gasteiger partial charge < -0.3 is 19.3 Å². The topological polar surface area (TPSA) is 76.6 Å². The Labute approximate surface area is 170 Å². The summed E-state index contributed by atoms with van der Waals surface area (Å²) in [6.45, 7) is 5.38. The molecule has 2 aromatic carbocycles. The van der Waals surface area contributed by atoms with Crippen molar-refractivity contribution >= 4 is 0 Å². The van der Waals surface area contributed by atoms with Crippen molar-refractivity contribution in [2.75, 3.05) is 20.3 Å². The van der Waals surface area contributed by atoms with Crippen LogP contribution in [-0.2, 0) is 6.42 Å². The van der Waals surface area contributed by atoms with E-state index in [0.717, 1.165) is 53.1 Å². The molecule has 6 nitrogen and oxygen atoms in total. The number of phenolic OH excluding ortho intramolecular Hbond substituents is 1. The lowest BCUT2D eigenvalue weighted by molar-refractivity contribution is 0.297. The minimum Gasteiger partial charge on any atom is -0.507 e. The Kier molecular flexibility index (Phi) is 5.34. The van der Waals surface area contributed by atoms with E-state index in [0.29, 0.717) is 30.2 Å². The molecule has 0 unspecified atom stereocenters. The second-order valence-corrected chi connectivity index (χ2v) is 7.22. The fourth-order valence-electron chi connectivity index (χ4n) is 3.75. The third-order valence-corrected chi connectivity index (χ3v) is 5.16. The minimum absolute atomic E-state index is 0.142. The number of fused-ring (bicyclic) bond motifs is 1. The molecule has 0 radical (unpaired) electrons. The van der Waals surface area contributed by atoms with Gasteiger partial charge in [-0.2, -0.15) is 5.10 Å². The highest BCUT2D eigenvalue weighted by Gasteiger charge is 2.21. The van der Waals surface area contributed by atoms with Gasteiger partial charge in [-0.1, -0.05) is 19.4 Å². The first kappa shape index (κ1) is 19.2. The highest BCUT2D eigenvalue weighted by atomic mass is 16.5. The average Bonchev–Trinajstić information content (AvgIpc) is 2.95. The number of phenols is 1. The summed E-state index contributed by atoms with van der Waals surface area (Å²) >= 11 is 0. The smallest absolute Gasteiger partial charge is 0.161 e. The molecule has 0 saturated heterocycles. The molecule has 6 heteroatoms. The number of hydrogen-bond donors (Lipinski definition) is 2. The molecular weight excluding hydrogens is 368 g/mol. The molecule has 1 aliphatic rings. The first-order chi connectivity index (χ1) is 14.1. The molecule has 2 N–H and O–H groups in total. The molecule has 0 atom stereocenters. The van der Waals surface area contributed by atoms with Gasteiger partial charge in [-0.15, -0.1) is 0 Å². The van der Waals surface area contributed by atoms with Crippen LogP contribution >= 0.6 is 0 Å². The number of aromatic amines is 1. The van der Waals surface area contributed by atoms with Crippen LogP contribution in [-0.4, -0.2) is 35.6 Å². The number of aryl methyl sites for hydroxylation is 2. The quantitative estimate of drug-likeness (QED) is 0.645. The molecule has 1 aliphatic heterocycles. The Morgan fingerprint density at radius 1 is 1.14 bits per heavy atom. The zero-order chi connectivity index (χ0) is 20.4. The standard InChI is InChI=1S/C23H26N2O4/c1-4-6-15-11-17(18(26)13-20(15)27-3)23-22(14(2)24-25-23)16-7-8-19-21(12-16)29-10-5-9-28-19/h7-8,11-13,26H,4-6,9-10H2,1-3H3,(H,24,25). The van der Waals surface area contributed by atoms with Crippen molar-refractivity contribution in [3.63, 3.8) is 0 Å². The van der Waals surface area contributed by atoms with Crippen molar-refractivity contribution in [1.29, 1.82) is 0 Å². The van der Waals surface area contributed by atoms with Gasteiger partial charge in [0, 0.05) is 29.3 Å². The summed E-state index contributed by atoms with van der Waals surface area (Å²) in [6.07, 6.45) is 2.70. The maximum absolute atomic E-state index is 10.7. The molecule has 0 spiro atoms. The van der Waals surface area contributed by atoms with Gasteiger partial charge in [0.25, 0.3) is 0 Å². The molecule has 2 heterocycles. The summed E-state index contributed by atoms with van der Waals surface area (Å²) in [5.74, 6) is 2.32. The molecule has 0 amide bonds. The van der Waals surface area contributed by atoms with Crippen LogP contribution in [0, 0.1) is 6.92 Å². The zero-order valence-electron chi connectivity index (χ0n) is 17.0. The third kappa shape index (κ3) is 3.62. The summed E-state index contributed by atoms with van der Waals surface area (Å²) in [5.41, 5.74) is 5.25. The molecule has 1 aromatic heterocycles. The Morgan fingerprint density at radius 3 is 2.69 bits per heavy atom. The zero-order valence-corrected chi connectivity index (χ0v) is 17.0. The van der Waals surface area contributed by atoms with E-state index in [1.807, 2.05) is 31.2 Å². The maximum atomic E-state index is 10.7. The summed E-state index contributed by atoms with van der Waals surface area (Å²) in [4.78, 5) is 0. The van der Waals surface area contributed by atoms with E-state index in [1.54, 1.807) is 13.2 Å². The van der Waals surface area contributed by atoms with Crippen molar-refractivity contribution in [3.05, 3.63) is 41.6 Å². The van der Waals surface area contributed by atoms with E-state index in [-0.39, 0.29) is 5.75 Å². The summed E-state index contributed by atoms with van der Waals surface area (Å²) in [7, 11) is 1.62. The Hall–Kier alpha value is -3.15. The number of aromatic hydroxyl groups is 1. The molecule has 0 bridgehead atoms. The number of aromatic nitrogens is 2. The number of H-pyrrole nitrogens is 1. The number of benzene rings is 2. The van der Waals surface area contributed by atoms with E-state index >= 15 is 0 Å². The molecule has 0 aliphatic carbocycles. The average molecular weight is 394 g/mol. The van der Waals surface area contributed by atoms with Crippen LogP contribution in [0.4, 0.5) is 0 Å². The first-order valence-electron chi connectivity index (χ1n) is 9.97. The second-order valence-electron chi connectivity index (χ2n) is 7.22. The summed E-state index contributed by atoms with van der Waals surface area (Å²) in [5, 5.41) is 18.3. The van der Waals surface area contributed by atoms with Gasteiger partial charge in [-0.05, 0) is 42.7 Å². The van der Waals surface area contributed by atoms with E-state index in [4.69, 9.17) is 14.2 Å². The summed E-state index contributed by atoms with van der Waals surface area (Å²) in [6, 6.07) is 9.56. The van der Waals surface area contributed by atoms with E-state index in [9.17, 15) is 5.11 Å². The van der Waals surface area contributed by atoms with Crippen LogP contribution < -0.4 is 14.2 Å². The van der Waals surface area contributed by atoms with Crippen molar-refractivity contribution in [1.82, 2.24) is 10.2 Å². The van der Waals surface area contributed by atoms with Gasteiger partial charge in [-0.25, -0.2) is 0 Å². The number of rotatable bonds is 5. The molecule has 29 heavy (non-hydrogen) atoms. The maximum Gasteiger partial charge on any atom is 0.161 e. The van der Waals surface area contributed by atoms with Gasteiger partial charge in [0.2, 0.25) is 0 Å². The lowest BCUT2D eigenvalue weighted by Gasteiger charge is -2.13. The number of methoxy groups -OCH3 is 1. The van der Waals surface area contributed by atoms with Gasteiger partial charge in [-0.3, -0.25) is 5.10 Å². The molecular formula is C23H26N2O4. The predicted octanol–water partition coefficient (Wildman–Crippen LogP) is 4.88. The Bertz CT molecular complexity index is 1030. The minimum atomic E-state index is 0.142. The fraction of sp³-hybridized carbons (Fsp3) is 0.348. The molecule has 152 valence electrons. The molecule has 0 fully saturated rings. The largest absolute Gasteiger partial charge is 0.507 e. The van der Waals surface area contributed by atoms with Crippen molar-refractivity contribution in [3.8, 4) is 45.4 Å². The molecule has 0 saturated carbocycles. The molecule has 4 rings (SSSR count). The number of ether oxygens (including phenoxy) is 3. The lowest BCUT2D eigenvalue weighted by Crippen LogP contribution is -1.97. The lowest BCUT2D eigenvalue weighted by atomic mass is 9.96. The SMILES string of the molecule is CCCc1cc(-c2n[nH]c(C)c2-c2ccc3c(c2)OCCCO3)c(O)cc1OC. The van der Waals surface area contributed by atoms with Crippen LogP contribution in [0.15, 0.2) is 30.3 Å². The van der Waals surface area contributed by atoms with Crippen LogP contribution in [0.25, 0.3) is 22.4 Å². The number of nitrogens with zero attached hydrogens (tertiary/aromatic N) is 1. The summed E-state index contributed by atoms with van der Waals surface area (Å²) < 4.78 is 17.1. The second kappa shape index (κ2) is 8.07. The van der Waals surface area contributed by atoms with Gasteiger partial charge >= 0.3 is 0 Å². The highest BCUT2D eigenvalue weighted by molar-refractivity contribution is 5.86. The third-order valence-electron chi connectivity index (χ3n) is 5.16. The van der Waals surface area contributed by atoms with Gasteiger partial charge in [0.15, 0.2) is 11.5 Å². The number of nitrogens with one attached hydrogen (secondary N) is 1. The van der Waals surface area contributed by atoms with E-state index in [1.165, 1.54) is 0 Å². The predicted molar refractivity (Wildman–Crippen MR) is 112 cm³/mol. The van der Waals surface area contributed by atoms with Crippen LogP contribution in [0.5, 0.6) is 23.0 Å². The molecule has 3 aromatic rings. The van der Waals surface area contributed by atoms with Crippen molar-refractivity contribution in [2.45, 2.75) is 33.1 Å². The van der Waals surface area contributed by atoms with E-state index < -0.39 is 0 Å². The monoisotopic (exact) mass is 394 g/mol. The van der Waals surface area contributed by atoms with Crippen molar-refractivity contribution in [2.24, 2.45) is 0 Å². The van der Waals surface area contributed by atoms with Crippen molar-refractivity contribution < 1.29 is 19.3 Å². The van der Waals surface area contributed by atoms with E-state index in [2.05, 4.69) is 17.1 Å². The Morgan fingerprint density at radius 2 is 1.93 bits per heavy atom. The normalized spacial score (nSPS) is 13.2. The number of hydrogen-bond acceptors (Lipinski definition) is 5.